The zero-order valence-electron chi connectivity index (χ0n) is 18.6. The van der Waals surface area contributed by atoms with Crippen molar-refractivity contribution in [3.63, 3.8) is 0 Å². The van der Waals surface area contributed by atoms with Crippen LogP contribution in [0.3, 0.4) is 0 Å². The van der Waals surface area contributed by atoms with Gasteiger partial charge >= 0.3 is 0 Å². The predicted molar refractivity (Wildman–Crippen MR) is 119 cm³/mol. The van der Waals surface area contributed by atoms with Gasteiger partial charge in [-0.05, 0) is 82.0 Å². The van der Waals surface area contributed by atoms with Gasteiger partial charge in [-0.25, -0.2) is 0 Å². The number of carbonyl (C=O) groups is 1. The summed E-state index contributed by atoms with van der Waals surface area (Å²) in [5, 5.41) is 0. The topological polar surface area (TPSA) is 42.0 Å². The van der Waals surface area contributed by atoms with Crippen molar-refractivity contribution in [2.24, 2.45) is 11.3 Å². The van der Waals surface area contributed by atoms with Gasteiger partial charge in [0.25, 0.3) is 0 Å². The Morgan fingerprint density at radius 1 is 1.03 bits per heavy atom. The second kappa shape index (κ2) is 8.08. The Balaban J connectivity index is 1.01. The van der Waals surface area contributed by atoms with E-state index in [0.29, 0.717) is 42.6 Å². The first-order valence-corrected chi connectivity index (χ1v) is 12.6. The van der Waals surface area contributed by atoms with E-state index in [-0.39, 0.29) is 5.92 Å². The highest BCUT2D eigenvalue weighted by Gasteiger charge is 2.52. The lowest BCUT2D eigenvalue weighted by atomic mass is 9.77. The van der Waals surface area contributed by atoms with Gasteiger partial charge in [-0.15, -0.1) is 0 Å². The van der Waals surface area contributed by atoms with Crippen molar-refractivity contribution in [1.82, 2.24) is 9.80 Å². The zero-order valence-corrected chi connectivity index (χ0v) is 18.6. The van der Waals surface area contributed by atoms with Gasteiger partial charge in [0.05, 0.1) is 25.2 Å². The first-order valence-electron chi connectivity index (χ1n) is 12.6. The minimum absolute atomic E-state index is 0.143. The third kappa shape index (κ3) is 3.78. The third-order valence-electron chi connectivity index (χ3n) is 8.78. The van der Waals surface area contributed by atoms with E-state index in [1.165, 1.54) is 70.0 Å². The van der Waals surface area contributed by atoms with Crippen molar-refractivity contribution >= 4 is 5.91 Å². The normalized spacial score (nSPS) is 29.4. The van der Waals surface area contributed by atoms with Crippen molar-refractivity contribution in [2.75, 3.05) is 39.4 Å². The standard InChI is InChI=1S/C26H36N2O3/c29-25(20-15-30-16-20)28-17-26(18-28)11-8-21(14-26)27-12-9-19(10-13-27)23-6-1-2-7-24(23)31-22-4-3-5-22/h1-2,6-7,19-22H,3-5,8-18H2/t21-/m1/s1. The Morgan fingerprint density at radius 3 is 2.48 bits per heavy atom. The van der Waals surface area contributed by atoms with Gasteiger partial charge in [0.2, 0.25) is 5.91 Å². The van der Waals surface area contributed by atoms with E-state index in [9.17, 15) is 4.79 Å². The molecule has 0 bridgehead atoms. The molecule has 2 aliphatic carbocycles. The molecule has 5 heteroatoms. The first kappa shape index (κ1) is 20.0. The van der Waals surface area contributed by atoms with E-state index >= 15 is 0 Å². The molecule has 0 unspecified atom stereocenters. The maximum Gasteiger partial charge on any atom is 0.230 e. The van der Waals surface area contributed by atoms with Crippen molar-refractivity contribution in [3.05, 3.63) is 29.8 Å². The summed E-state index contributed by atoms with van der Waals surface area (Å²) in [6, 6.07) is 9.49. The quantitative estimate of drug-likeness (QED) is 0.721. The minimum atomic E-state index is 0.143. The maximum absolute atomic E-state index is 12.4. The lowest BCUT2D eigenvalue weighted by Crippen LogP contribution is -2.61. The fraction of sp³-hybridized carbons (Fsp3) is 0.731. The van der Waals surface area contributed by atoms with Crippen LogP contribution in [0.4, 0.5) is 0 Å². The Labute approximate surface area is 186 Å². The molecule has 0 radical (unpaired) electrons. The second-order valence-electron chi connectivity index (χ2n) is 10.8. The van der Waals surface area contributed by atoms with Crippen LogP contribution in [-0.4, -0.2) is 67.2 Å². The van der Waals surface area contributed by atoms with E-state index in [2.05, 4.69) is 34.1 Å². The molecule has 1 spiro atoms. The van der Waals surface area contributed by atoms with E-state index in [1.807, 2.05) is 0 Å². The Hall–Kier alpha value is -1.59. The fourth-order valence-corrected chi connectivity index (χ4v) is 6.50. The summed E-state index contributed by atoms with van der Waals surface area (Å²) in [5.41, 5.74) is 1.84. The maximum atomic E-state index is 12.4. The molecule has 1 aromatic rings. The molecule has 0 N–H and O–H groups in total. The van der Waals surface area contributed by atoms with Crippen LogP contribution in [0.25, 0.3) is 0 Å². The molecule has 5 fully saturated rings. The number of likely N-dealkylation sites (tertiary alicyclic amines) is 2. The van der Waals surface area contributed by atoms with Crippen molar-refractivity contribution in [1.29, 1.82) is 0 Å². The highest BCUT2D eigenvalue weighted by molar-refractivity contribution is 5.80. The van der Waals surface area contributed by atoms with Crippen LogP contribution in [0.15, 0.2) is 24.3 Å². The van der Waals surface area contributed by atoms with Gasteiger partial charge in [-0.2, -0.15) is 0 Å². The number of benzene rings is 1. The SMILES string of the molecule is O=C(C1COC1)N1CC2(CC[C@@H](N3CCC(c4ccccc4OC4CCC4)CC3)C2)C1. The van der Waals surface area contributed by atoms with Gasteiger partial charge in [0, 0.05) is 24.5 Å². The van der Waals surface area contributed by atoms with Crippen molar-refractivity contribution < 1.29 is 14.3 Å². The molecule has 3 heterocycles. The molecule has 5 aliphatic rings. The van der Waals surface area contributed by atoms with Crippen LogP contribution < -0.4 is 4.74 Å². The molecule has 6 rings (SSSR count). The van der Waals surface area contributed by atoms with Gasteiger partial charge < -0.3 is 19.3 Å². The fourth-order valence-electron chi connectivity index (χ4n) is 6.50. The number of hydrogen-bond donors (Lipinski definition) is 0. The van der Waals surface area contributed by atoms with E-state index in [0.717, 1.165) is 18.8 Å². The van der Waals surface area contributed by atoms with E-state index in [1.54, 1.807) is 0 Å². The summed E-state index contributed by atoms with van der Waals surface area (Å²) in [6.45, 7) is 5.64. The van der Waals surface area contributed by atoms with Gasteiger partial charge in [0.15, 0.2) is 0 Å². The highest BCUT2D eigenvalue weighted by atomic mass is 16.5. The van der Waals surface area contributed by atoms with Gasteiger partial charge in [-0.3, -0.25) is 4.79 Å². The smallest absolute Gasteiger partial charge is 0.230 e. The lowest BCUT2D eigenvalue weighted by Gasteiger charge is -2.50. The predicted octanol–water partition coefficient (Wildman–Crippen LogP) is 3.82. The highest BCUT2D eigenvalue weighted by Crippen LogP contribution is 2.48. The number of amides is 1. The summed E-state index contributed by atoms with van der Waals surface area (Å²) < 4.78 is 11.5. The molecular formula is C26H36N2O3. The number of para-hydroxylation sites is 1. The number of ether oxygens (including phenoxy) is 2. The summed E-state index contributed by atoms with van der Waals surface area (Å²) in [5.74, 6) is 2.25. The summed E-state index contributed by atoms with van der Waals surface area (Å²) in [4.78, 5) is 17.3. The van der Waals surface area contributed by atoms with Crippen LogP contribution in [0.1, 0.15) is 62.8 Å². The molecule has 1 aromatic carbocycles. The molecule has 5 nitrogen and oxygen atoms in total. The van der Waals surface area contributed by atoms with Crippen LogP contribution in [0.5, 0.6) is 5.75 Å². The largest absolute Gasteiger partial charge is 0.490 e. The number of rotatable bonds is 5. The van der Waals surface area contributed by atoms with Gasteiger partial charge in [-0.1, -0.05) is 18.2 Å². The van der Waals surface area contributed by atoms with E-state index in [4.69, 9.17) is 9.47 Å². The average Bonchev–Trinajstić information content (AvgIpc) is 3.15. The zero-order chi connectivity index (χ0) is 20.8. The number of hydrogen-bond acceptors (Lipinski definition) is 4. The Morgan fingerprint density at radius 2 is 1.81 bits per heavy atom. The van der Waals surface area contributed by atoms with Crippen LogP contribution in [-0.2, 0) is 9.53 Å². The Bertz CT molecular complexity index is 805. The molecular weight excluding hydrogens is 388 g/mol. The second-order valence-corrected chi connectivity index (χ2v) is 10.8. The van der Waals surface area contributed by atoms with Crippen LogP contribution >= 0.6 is 0 Å². The molecule has 3 saturated heterocycles. The molecule has 0 aromatic heterocycles. The molecule has 3 aliphatic heterocycles. The Kier molecular flexibility index (Phi) is 5.22. The number of nitrogens with zero attached hydrogens (tertiary/aromatic N) is 2. The minimum Gasteiger partial charge on any atom is -0.490 e. The van der Waals surface area contributed by atoms with Crippen LogP contribution in [0.2, 0.25) is 0 Å². The van der Waals surface area contributed by atoms with Crippen molar-refractivity contribution in [2.45, 2.75) is 69.4 Å². The first-order chi connectivity index (χ1) is 15.2. The molecule has 1 atom stereocenters. The van der Waals surface area contributed by atoms with Crippen molar-refractivity contribution in [3.8, 4) is 5.75 Å². The molecule has 31 heavy (non-hydrogen) atoms. The van der Waals surface area contributed by atoms with E-state index < -0.39 is 0 Å². The summed E-state index contributed by atoms with van der Waals surface area (Å²) >= 11 is 0. The monoisotopic (exact) mass is 424 g/mol. The number of carbonyl (C=O) groups excluding carboxylic acids is 1. The summed E-state index contributed by atoms with van der Waals surface area (Å²) in [7, 11) is 0. The number of piperidine rings is 1. The average molecular weight is 425 g/mol. The molecule has 168 valence electrons. The molecule has 1 amide bonds. The lowest BCUT2D eigenvalue weighted by molar-refractivity contribution is -0.161. The summed E-state index contributed by atoms with van der Waals surface area (Å²) in [6.07, 6.45) is 10.5. The van der Waals surface area contributed by atoms with Gasteiger partial charge in [0.1, 0.15) is 5.75 Å². The molecule has 2 saturated carbocycles. The van der Waals surface area contributed by atoms with Crippen LogP contribution in [0, 0.1) is 11.3 Å². The third-order valence-corrected chi connectivity index (χ3v) is 8.78.